The third-order valence-corrected chi connectivity index (χ3v) is 2.28. The van der Waals surface area contributed by atoms with Crippen LogP contribution in [0, 0.1) is 0 Å². The monoisotopic (exact) mass is 382 g/mol. The molecular formula is C12H14O10S2. The Labute approximate surface area is 138 Å². The highest BCUT2D eigenvalue weighted by Crippen LogP contribution is 2.03. The van der Waals surface area contributed by atoms with Crippen LogP contribution in [0.25, 0.3) is 0 Å². The Morgan fingerprint density at radius 2 is 0.833 bits per heavy atom. The summed E-state index contributed by atoms with van der Waals surface area (Å²) in [5.74, 6) is 0.644. The number of aromatic hydroxyl groups is 2. The summed E-state index contributed by atoms with van der Waals surface area (Å²) in [5.41, 5.74) is 0. The molecular weight excluding hydrogens is 368 g/mol. The lowest BCUT2D eigenvalue weighted by Gasteiger charge is -1.92. The molecule has 0 aliphatic heterocycles. The summed E-state index contributed by atoms with van der Waals surface area (Å²) in [7, 11) is -10.0. The van der Waals surface area contributed by atoms with Crippen molar-refractivity contribution in [1.82, 2.24) is 0 Å². The molecule has 4 N–H and O–H groups in total. The van der Waals surface area contributed by atoms with Gasteiger partial charge in [0.25, 0.3) is 0 Å². The van der Waals surface area contributed by atoms with E-state index in [1.165, 1.54) is 0 Å². The number of para-hydroxylation sites is 2. The first-order valence-electron chi connectivity index (χ1n) is 5.80. The van der Waals surface area contributed by atoms with E-state index in [9.17, 15) is 16.8 Å². The molecule has 2 aromatic carbocycles. The van der Waals surface area contributed by atoms with Crippen LogP contribution in [0.5, 0.6) is 11.5 Å². The molecule has 0 heterocycles. The Bertz CT molecular complexity index is 704. The lowest BCUT2D eigenvalue weighted by atomic mass is 10.3. The maximum atomic E-state index is 9.51. The molecule has 0 spiro atoms. The van der Waals surface area contributed by atoms with Crippen LogP contribution in [-0.4, -0.2) is 36.2 Å². The van der Waals surface area contributed by atoms with E-state index in [0.717, 1.165) is 0 Å². The molecule has 2 aromatic rings. The second-order valence-corrected chi connectivity index (χ2v) is 5.65. The predicted octanol–water partition coefficient (Wildman–Crippen LogP) is 1.32. The number of phenols is 2. The Kier molecular flexibility index (Phi) is 9.56. The van der Waals surface area contributed by atoms with Crippen molar-refractivity contribution >= 4 is 20.8 Å². The third kappa shape index (κ3) is 16.2. The minimum absolute atomic E-state index is 0.322. The van der Waals surface area contributed by atoms with Crippen molar-refractivity contribution in [2.45, 2.75) is 0 Å². The molecule has 0 unspecified atom stereocenters. The van der Waals surface area contributed by atoms with Gasteiger partial charge in [0.05, 0.1) is 0 Å². The Morgan fingerprint density at radius 1 is 0.583 bits per heavy atom. The number of hydrogen-bond donors (Lipinski definition) is 4. The van der Waals surface area contributed by atoms with Gasteiger partial charge in [-0.3, -0.25) is 9.11 Å². The first-order chi connectivity index (χ1) is 11.0. The maximum absolute atomic E-state index is 9.51. The maximum Gasteiger partial charge on any atom is 0.425 e. The number of benzene rings is 2. The number of hydrogen-bond acceptors (Lipinski definition) is 8. The highest BCUT2D eigenvalue weighted by atomic mass is 32.3. The van der Waals surface area contributed by atoms with E-state index in [1.54, 1.807) is 48.5 Å². The normalized spacial score (nSPS) is 10.6. The summed E-state index contributed by atoms with van der Waals surface area (Å²) < 4.78 is 58.9. The fraction of sp³-hybridized carbons (Fsp3) is 0. The summed E-state index contributed by atoms with van der Waals surface area (Å²) in [5, 5.41) is 17.3. The first-order valence-corrected chi connectivity index (χ1v) is 8.53. The minimum Gasteiger partial charge on any atom is -0.508 e. The molecule has 0 bridgehead atoms. The zero-order chi connectivity index (χ0) is 18.6. The van der Waals surface area contributed by atoms with Crippen molar-refractivity contribution < 1.29 is 44.8 Å². The molecule has 0 aliphatic rings. The Hall–Kier alpha value is -2.22. The molecule has 0 saturated heterocycles. The standard InChI is InChI=1S/2C6H6O.H2O8S2/c2*7-6-4-2-1-3-5-6;1-9(2,3)7-8-10(4,5)6/h2*1-5,7H;(H,1,2,3)(H,4,5,6). The summed E-state index contributed by atoms with van der Waals surface area (Å²) in [6, 6.07) is 17.4. The van der Waals surface area contributed by atoms with Gasteiger partial charge in [-0.05, 0) is 24.3 Å². The number of rotatable bonds is 3. The van der Waals surface area contributed by atoms with Crippen LogP contribution in [0.15, 0.2) is 60.7 Å². The molecule has 0 aliphatic carbocycles. The topological polar surface area (TPSA) is 168 Å². The molecule has 0 atom stereocenters. The van der Waals surface area contributed by atoms with Crippen LogP contribution >= 0.6 is 0 Å². The van der Waals surface area contributed by atoms with Gasteiger partial charge in [0.1, 0.15) is 11.5 Å². The summed E-state index contributed by atoms with van der Waals surface area (Å²) in [4.78, 5) is 0. The SMILES string of the molecule is O=S(=O)(O)OOS(=O)(=O)O.Oc1ccccc1.Oc1ccccc1. The number of phenolic OH excluding ortho intramolecular Hbond substituents is 2. The van der Waals surface area contributed by atoms with Crippen molar-refractivity contribution in [3.63, 3.8) is 0 Å². The van der Waals surface area contributed by atoms with Gasteiger partial charge in [-0.25, -0.2) is 0 Å². The Morgan fingerprint density at radius 3 is 0.958 bits per heavy atom. The van der Waals surface area contributed by atoms with Gasteiger partial charge in [-0.2, -0.15) is 16.8 Å². The molecule has 0 amide bonds. The highest BCUT2D eigenvalue weighted by Gasteiger charge is 2.13. The predicted molar refractivity (Wildman–Crippen MR) is 81.5 cm³/mol. The zero-order valence-electron chi connectivity index (χ0n) is 11.8. The average Bonchev–Trinajstić information content (AvgIpc) is 2.47. The van der Waals surface area contributed by atoms with Crippen molar-refractivity contribution in [3.05, 3.63) is 60.7 Å². The van der Waals surface area contributed by atoms with Gasteiger partial charge in [0, 0.05) is 0 Å². The van der Waals surface area contributed by atoms with Crippen LogP contribution in [-0.2, 0) is 29.5 Å². The second-order valence-electron chi connectivity index (χ2n) is 3.66. The Balaban J connectivity index is 0.000000337. The zero-order valence-corrected chi connectivity index (χ0v) is 13.5. The summed E-state index contributed by atoms with van der Waals surface area (Å²) in [6.45, 7) is 0. The highest BCUT2D eigenvalue weighted by molar-refractivity contribution is 7.83. The lowest BCUT2D eigenvalue weighted by molar-refractivity contribution is -0.105. The van der Waals surface area contributed by atoms with E-state index in [0.29, 0.717) is 11.5 Å². The molecule has 10 nitrogen and oxygen atoms in total. The van der Waals surface area contributed by atoms with E-state index < -0.39 is 20.8 Å². The molecule has 0 aromatic heterocycles. The largest absolute Gasteiger partial charge is 0.508 e. The van der Waals surface area contributed by atoms with Crippen LogP contribution in [0.1, 0.15) is 0 Å². The van der Waals surface area contributed by atoms with Crippen molar-refractivity contribution in [2.75, 3.05) is 0 Å². The van der Waals surface area contributed by atoms with E-state index in [2.05, 4.69) is 8.67 Å². The van der Waals surface area contributed by atoms with Crippen LogP contribution < -0.4 is 0 Å². The van der Waals surface area contributed by atoms with Crippen LogP contribution in [0.4, 0.5) is 0 Å². The molecule has 12 heteroatoms. The van der Waals surface area contributed by atoms with Crippen LogP contribution in [0.3, 0.4) is 0 Å². The molecule has 0 radical (unpaired) electrons. The van der Waals surface area contributed by atoms with E-state index in [4.69, 9.17) is 19.3 Å². The molecule has 24 heavy (non-hydrogen) atoms. The molecule has 134 valence electrons. The van der Waals surface area contributed by atoms with Crippen molar-refractivity contribution in [2.24, 2.45) is 0 Å². The van der Waals surface area contributed by atoms with Gasteiger partial charge >= 0.3 is 20.8 Å². The molecule has 0 saturated carbocycles. The van der Waals surface area contributed by atoms with Crippen LogP contribution in [0.2, 0.25) is 0 Å². The van der Waals surface area contributed by atoms with Gasteiger partial charge < -0.3 is 10.2 Å². The lowest BCUT2D eigenvalue weighted by Crippen LogP contribution is -2.10. The smallest absolute Gasteiger partial charge is 0.425 e. The second kappa shape index (κ2) is 10.5. The van der Waals surface area contributed by atoms with E-state index >= 15 is 0 Å². The molecule has 0 fully saturated rings. The molecule has 2 rings (SSSR count). The quantitative estimate of drug-likeness (QED) is 0.345. The van der Waals surface area contributed by atoms with E-state index in [1.807, 2.05) is 12.1 Å². The fourth-order valence-corrected chi connectivity index (χ4v) is 1.49. The van der Waals surface area contributed by atoms with Gasteiger partial charge in [-0.15, -0.1) is 0 Å². The fourth-order valence-electron chi connectivity index (χ4n) is 0.926. The van der Waals surface area contributed by atoms with E-state index in [-0.39, 0.29) is 0 Å². The van der Waals surface area contributed by atoms with Crippen molar-refractivity contribution in [3.8, 4) is 11.5 Å². The summed E-state index contributed by atoms with van der Waals surface area (Å²) in [6.07, 6.45) is 0. The van der Waals surface area contributed by atoms with Gasteiger partial charge in [0.15, 0.2) is 0 Å². The third-order valence-electron chi connectivity index (χ3n) is 1.71. The summed E-state index contributed by atoms with van der Waals surface area (Å²) >= 11 is 0. The average molecular weight is 382 g/mol. The van der Waals surface area contributed by atoms with Gasteiger partial charge in [0.2, 0.25) is 0 Å². The van der Waals surface area contributed by atoms with Crippen molar-refractivity contribution in [1.29, 1.82) is 0 Å². The minimum atomic E-state index is -5.02. The first kappa shape index (κ1) is 21.8. The van der Waals surface area contributed by atoms with Gasteiger partial charge in [-0.1, -0.05) is 45.1 Å².